The van der Waals surface area contributed by atoms with Crippen LogP contribution >= 0.6 is 0 Å². The van der Waals surface area contributed by atoms with Crippen molar-refractivity contribution in [3.05, 3.63) is 60.8 Å². The maximum absolute atomic E-state index is 6.48. The van der Waals surface area contributed by atoms with E-state index in [2.05, 4.69) is 74.2 Å². The second-order valence-electron chi connectivity index (χ2n) is 7.75. The summed E-state index contributed by atoms with van der Waals surface area (Å²) in [4.78, 5) is 4.71. The van der Waals surface area contributed by atoms with Crippen molar-refractivity contribution in [1.82, 2.24) is 4.98 Å². The van der Waals surface area contributed by atoms with Crippen LogP contribution in [0.25, 0.3) is 32.8 Å². The minimum absolute atomic E-state index is 0.929. The van der Waals surface area contributed by atoms with E-state index in [1.165, 1.54) is 16.0 Å². The zero-order valence-corrected chi connectivity index (χ0v) is 15.6. The quantitative estimate of drug-likeness (QED) is 0.365. The molecule has 0 saturated carbocycles. The van der Waals surface area contributed by atoms with E-state index in [0.717, 1.165) is 33.5 Å². The Morgan fingerprint density at radius 2 is 1.72 bits per heavy atom. The van der Waals surface area contributed by atoms with Gasteiger partial charge in [-0.3, -0.25) is 4.98 Å². The minimum atomic E-state index is -1.44. The van der Waals surface area contributed by atoms with Crippen molar-refractivity contribution < 1.29 is 4.74 Å². The van der Waals surface area contributed by atoms with Gasteiger partial charge >= 0.3 is 0 Å². The first kappa shape index (κ1) is 14.7. The summed E-state index contributed by atoms with van der Waals surface area (Å²) in [7, 11) is -1.44. The lowest BCUT2D eigenvalue weighted by atomic mass is 9.96. The van der Waals surface area contributed by atoms with E-state index in [-0.39, 0.29) is 0 Å². The first-order valence-electron chi connectivity index (χ1n) is 8.65. The lowest BCUT2D eigenvalue weighted by Crippen LogP contribution is -2.37. The lowest BCUT2D eigenvalue weighted by Gasteiger charge is -2.25. The van der Waals surface area contributed by atoms with Gasteiger partial charge in [0.15, 0.2) is 0 Å². The summed E-state index contributed by atoms with van der Waals surface area (Å²) in [5, 5.41) is 6.10. The summed E-state index contributed by atoms with van der Waals surface area (Å²) in [5.41, 5.74) is 2.11. The Balaban J connectivity index is 1.89. The largest absolute Gasteiger partial charge is 0.455 e. The molecule has 2 heterocycles. The summed E-state index contributed by atoms with van der Waals surface area (Å²) in [6, 6.07) is 19.3. The van der Waals surface area contributed by atoms with Gasteiger partial charge in [-0.1, -0.05) is 61.2 Å². The van der Waals surface area contributed by atoms with E-state index in [0.29, 0.717) is 0 Å². The van der Waals surface area contributed by atoms with E-state index in [1.807, 2.05) is 6.20 Å². The highest BCUT2D eigenvalue weighted by atomic mass is 28.3. The Morgan fingerprint density at radius 3 is 2.56 bits per heavy atom. The molecule has 2 nitrogen and oxygen atoms in total. The number of rotatable bonds is 1. The van der Waals surface area contributed by atoms with E-state index >= 15 is 0 Å². The molecule has 4 aromatic rings. The zero-order valence-electron chi connectivity index (χ0n) is 14.6. The molecule has 0 amide bonds. The zero-order chi connectivity index (χ0) is 17.2. The number of fused-ring (bicyclic) bond motifs is 4. The van der Waals surface area contributed by atoms with Crippen molar-refractivity contribution in [2.24, 2.45) is 0 Å². The molecule has 0 saturated heterocycles. The monoisotopic (exact) mass is 341 g/mol. The fraction of sp³-hybridized carbons (Fsp3) is 0.136. The molecule has 0 radical (unpaired) electrons. The van der Waals surface area contributed by atoms with E-state index in [9.17, 15) is 0 Å². The smallest absolute Gasteiger partial charge is 0.144 e. The normalized spacial score (nSPS) is 12.9. The van der Waals surface area contributed by atoms with Crippen LogP contribution in [-0.4, -0.2) is 13.1 Å². The molecule has 0 atom stereocenters. The summed E-state index contributed by atoms with van der Waals surface area (Å²) >= 11 is 0. The van der Waals surface area contributed by atoms with Gasteiger partial charge in [0.1, 0.15) is 11.5 Å². The van der Waals surface area contributed by atoms with Gasteiger partial charge in [0, 0.05) is 17.1 Å². The fourth-order valence-corrected chi connectivity index (χ4v) is 4.80. The van der Waals surface area contributed by atoms with Crippen LogP contribution in [0.5, 0.6) is 11.5 Å². The van der Waals surface area contributed by atoms with Crippen molar-refractivity contribution in [2.45, 2.75) is 19.6 Å². The Morgan fingerprint density at radius 1 is 0.880 bits per heavy atom. The van der Waals surface area contributed by atoms with Gasteiger partial charge in [-0.15, -0.1) is 0 Å². The van der Waals surface area contributed by atoms with Crippen molar-refractivity contribution in [3.8, 4) is 22.8 Å². The van der Waals surface area contributed by atoms with Crippen LogP contribution in [-0.2, 0) is 0 Å². The molecule has 0 fully saturated rings. The maximum atomic E-state index is 6.48. The van der Waals surface area contributed by atoms with Crippen LogP contribution in [0, 0.1) is 0 Å². The summed E-state index contributed by atoms with van der Waals surface area (Å²) in [5.74, 6) is 1.88. The molecule has 1 aliphatic heterocycles. The maximum Gasteiger partial charge on any atom is 0.144 e. The van der Waals surface area contributed by atoms with Gasteiger partial charge in [-0.2, -0.15) is 0 Å². The molecule has 0 aliphatic carbocycles. The predicted octanol–water partition coefficient (Wildman–Crippen LogP) is 5.71. The molecule has 25 heavy (non-hydrogen) atoms. The summed E-state index contributed by atoms with van der Waals surface area (Å²) in [6.07, 6.45) is 1.92. The number of ether oxygens (including phenoxy) is 1. The summed E-state index contributed by atoms with van der Waals surface area (Å²) < 4.78 is 6.48. The number of hydrogen-bond donors (Lipinski definition) is 0. The lowest BCUT2D eigenvalue weighted by molar-refractivity contribution is 0.492. The third-order valence-electron chi connectivity index (χ3n) is 5.04. The Bertz CT molecular complexity index is 1160. The Kier molecular flexibility index (Phi) is 2.89. The molecule has 1 aromatic heterocycles. The third kappa shape index (κ3) is 2.12. The minimum Gasteiger partial charge on any atom is -0.455 e. The standard InChI is InChI=1S/C22H19NOSi/c1-25(2,3)16-12-15-10-11-23-21-18-9-8-14-6-4-5-7-17(14)22(18)24-19(13-16)20(15)21/h4-13H,1-3H3. The number of hydrogen-bond acceptors (Lipinski definition) is 2. The van der Waals surface area contributed by atoms with Crippen LogP contribution in [0.3, 0.4) is 0 Å². The van der Waals surface area contributed by atoms with Gasteiger partial charge in [-0.25, -0.2) is 0 Å². The molecule has 122 valence electrons. The van der Waals surface area contributed by atoms with Crippen LogP contribution in [0.4, 0.5) is 0 Å². The Hall–Kier alpha value is -2.65. The highest BCUT2D eigenvalue weighted by molar-refractivity contribution is 6.88. The van der Waals surface area contributed by atoms with Crippen molar-refractivity contribution >= 4 is 34.8 Å². The first-order chi connectivity index (χ1) is 12.0. The first-order valence-corrected chi connectivity index (χ1v) is 12.2. The average molecular weight is 341 g/mol. The summed E-state index contributed by atoms with van der Waals surface area (Å²) in [6.45, 7) is 7.11. The van der Waals surface area contributed by atoms with Crippen LogP contribution in [0.2, 0.25) is 19.6 Å². The van der Waals surface area contributed by atoms with Gasteiger partial charge < -0.3 is 4.74 Å². The molecule has 0 spiro atoms. The number of aromatic nitrogens is 1. The SMILES string of the molecule is C[Si](C)(C)c1cc2c3c(nccc3c1)-c1ccc3ccccc3c1O2. The second kappa shape index (κ2) is 4.93. The van der Waals surface area contributed by atoms with Crippen LogP contribution in [0.1, 0.15) is 0 Å². The molecule has 5 rings (SSSR count). The Labute approximate surface area is 148 Å². The molecule has 3 heteroatoms. The number of pyridine rings is 1. The van der Waals surface area contributed by atoms with Crippen molar-refractivity contribution in [3.63, 3.8) is 0 Å². The van der Waals surface area contributed by atoms with E-state index in [1.54, 1.807) is 0 Å². The van der Waals surface area contributed by atoms with Crippen molar-refractivity contribution in [1.29, 1.82) is 0 Å². The topological polar surface area (TPSA) is 22.1 Å². The molecule has 3 aromatic carbocycles. The molecule has 0 unspecified atom stereocenters. The molecular formula is C22H19NOSi. The van der Waals surface area contributed by atoms with Gasteiger partial charge in [-0.05, 0) is 29.0 Å². The molecular weight excluding hydrogens is 322 g/mol. The van der Waals surface area contributed by atoms with Crippen LogP contribution in [0.15, 0.2) is 60.8 Å². The highest BCUT2D eigenvalue weighted by Crippen LogP contribution is 2.47. The number of nitrogens with zero attached hydrogens (tertiary/aromatic N) is 1. The van der Waals surface area contributed by atoms with Crippen molar-refractivity contribution in [2.75, 3.05) is 0 Å². The van der Waals surface area contributed by atoms with Gasteiger partial charge in [0.05, 0.1) is 19.2 Å². The molecule has 0 bridgehead atoms. The molecule has 0 N–H and O–H groups in total. The average Bonchev–Trinajstić information content (AvgIpc) is 2.61. The molecule has 1 aliphatic rings. The fourth-order valence-electron chi connectivity index (χ4n) is 3.65. The van der Waals surface area contributed by atoms with Gasteiger partial charge in [0.25, 0.3) is 0 Å². The highest BCUT2D eigenvalue weighted by Gasteiger charge is 2.26. The van der Waals surface area contributed by atoms with Crippen LogP contribution < -0.4 is 9.92 Å². The number of benzene rings is 3. The van der Waals surface area contributed by atoms with E-state index < -0.39 is 8.07 Å². The predicted molar refractivity (Wildman–Crippen MR) is 108 cm³/mol. The van der Waals surface area contributed by atoms with Gasteiger partial charge in [0.2, 0.25) is 0 Å². The van der Waals surface area contributed by atoms with E-state index in [4.69, 9.17) is 9.72 Å². The second-order valence-corrected chi connectivity index (χ2v) is 12.8. The third-order valence-corrected chi connectivity index (χ3v) is 7.06.